The SMILES string of the molecule is CC.COc1ccc([N+](=O)[O-])cc1Nc1nc(-c2cccnc2)cs1. The number of ether oxygens (including phenoxy) is 1. The Labute approximate surface area is 149 Å². The molecule has 0 aliphatic rings. The van der Waals surface area contributed by atoms with E-state index in [-0.39, 0.29) is 5.69 Å². The minimum absolute atomic E-state index is 0.0164. The zero-order chi connectivity index (χ0) is 18.2. The summed E-state index contributed by atoms with van der Waals surface area (Å²) in [4.78, 5) is 19.0. The molecule has 0 saturated heterocycles. The molecule has 0 aliphatic carbocycles. The van der Waals surface area contributed by atoms with Crippen LogP contribution < -0.4 is 10.1 Å². The zero-order valence-corrected chi connectivity index (χ0v) is 14.9. The summed E-state index contributed by atoms with van der Waals surface area (Å²) in [5, 5.41) is 16.5. The quantitative estimate of drug-likeness (QED) is 0.516. The van der Waals surface area contributed by atoms with Crippen LogP contribution in [0, 0.1) is 10.1 Å². The molecule has 0 fully saturated rings. The first-order chi connectivity index (χ1) is 12.2. The van der Waals surface area contributed by atoms with Gasteiger partial charge in [-0.3, -0.25) is 15.1 Å². The van der Waals surface area contributed by atoms with Crippen molar-refractivity contribution in [2.24, 2.45) is 0 Å². The van der Waals surface area contributed by atoms with E-state index in [9.17, 15) is 10.1 Å². The van der Waals surface area contributed by atoms with E-state index in [0.29, 0.717) is 16.6 Å². The highest BCUT2D eigenvalue weighted by atomic mass is 32.1. The molecule has 1 N–H and O–H groups in total. The van der Waals surface area contributed by atoms with E-state index in [1.807, 2.05) is 31.4 Å². The summed E-state index contributed by atoms with van der Waals surface area (Å²) in [6, 6.07) is 8.12. The van der Waals surface area contributed by atoms with E-state index >= 15 is 0 Å². The second-order valence-corrected chi connectivity index (χ2v) is 5.40. The van der Waals surface area contributed by atoms with Crippen molar-refractivity contribution in [2.75, 3.05) is 12.4 Å². The van der Waals surface area contributed by atoms with Crippen LogP contribution >= 0.6 is 11.3 Å². The van der Waals surface area contributed by atoms with Crippen LogP contribution in [0.5, 0.6) is 5.75 Å². The van der Waals surface area contributed by atoms with Crippen LogP contribution in [0.15, 0.2) is 48.1 Å². The fraction of sp³-hybridized carbons (Fsp3) is 0.176. The van der Waals surface area contributed by atoms with Gasteiger partial charge in [0.15, 0.2) is 5.13 Å². The maximum atomic E-state index is 10.9. The molecule has 3 rings (SSSR count). The molecule has 2 heterocycles. The molecule has 0 spiro atoms. The molecule has 2 aromatic heterocycles. The molecule has 0 saturated carbocycles. The maximum absolute atomic E-state index is 10.9. The summed E-state index contributed by atoms with van der Waals surface area (Å²) >= 11 is 1.40. The summed E-state index contributed by atoms with van der Waals surface area (Å²) in [6.45, 7) is 4.00. The van der Waals surface area contributed by atoms with Gasteiger partial charge in [0.05, 0.1) is 23.4 Å². The number of benzene rings is 1. The molecule has 0 radical (unpaired) electrons. The monoisotopic (exact) mass is 358 g/mol. The lowest BCUT2D eigenvalue weighted by Crippen LogP contribution is -1.96. The predicted octanol–water partition coefficient (Wildman–Crippen LogP) is 4.89. The van der Waals surface area contributed by atoms with Gasteiger partial charge in [-0.05, 0) is 18.2 Å². The highest BCUT2D eigenvalue weighted by Gasteiger charge is 2.13. The standard InChI is InChI=1S/C15H12N4O3S.C2H6/c1-22-14-5-4-11(19(20)21)7-12(14)17-15-18-13(9-23-15)10-3-2-6-16-8-10;1-2/h2-9H,1H3,(H,17,18);1-2H3. The predicted molar refractivity (Wildman–Crippen MR) is 99.6 cm³/mol. The number of hydrogen-bond acceptors (Lipinski definition) is 7. The minimum atomic E-state index is -0.451. The number of non-ortho nitro benzene ring substituents is 1. The third kappa shape index (κ3) is 4.51. The van der Waals surface area contributed by atoms with Crippen LogP contribution in [0.25, 0.3) is 11.3 Å². The number of hydrogen-bond donors (Lipinski definition) is 1. The number of nitro benzene ring substituents is 1. The van der Waals surface area contributed by atoms with Crippen molar-refractivity contribution in [1.29, 1.82) is 0 Å². The summed E-state index contributed by atoms with van der Waals surface area (Å²) in [5.41, 5.74) is 2.17. The van der Waals surface area contributed by atoms with Crippen LogP contribution in [0.4, 0.5) is 16.5 Å². The van der Waals surface area contributed by atoms with Gasteiger partial charge in [-0.15, -0.1) is 11.3 Å². The Balaban J connectivity index is 0.00000109. The number of nitrogens with zero attached hydrogens (tertiary/aromatic N) is 3. The molecule has 0 atom stereocenters. The van der Waals surface area contributed by atoms with E-state index in [2.05, 4.69) is 15.3 Å². The molecule has 7 nitrogen and oxygen atoms in total. The van der Waals surface area contributed by atoms with Crippen LogP contribution in [0.2, 0.25) is 0 Å². The van der Waals surface area contributed by atoms with Crippen molar-refractivity contribution in [1.82, 2.24) is 9.97 Å². The maximum Gasteiger partial charge on any atom is 0.271 e. The van der Waals surface area contributed by atoms with Crippen LogP contribution in [-0.2, 0) is 0 Å². The van der Waals surface area contributed by atoms with Crippen LogP contribution in [0.3, 0.4) is 0 Å². The molecular weight excluding hydrogens is 340 g/mol. The summed E-state index contributed by atoms with van der Waals surface area (Å²) < 4.78 is 5.23. The molecule has 130 valence electrons. The fourth-order valence-electron chi connectivity index (χ4n) is 2.00. The van der Waals surface area contributed by atoms with Crippen LogP contribution in [0.1, 0.15) is 13.8 Å². The molecule has 3 aromatic rings. The number of methoxy groups -OCH3 is 1. The van der Waals surface area contributed by atoms with Crippen molar-refractivity contribution in [3.05, 3.63) is 58.2 Å². The van der Waals surface area contributed by atoms with Gasteiger partial charge in [0.1, 0.15) is 5.75 Å². The molecule has 0 amide bonds. The molecule has 1 aromatic carbocycles. The van der Waals surface area contributed by atoms with Gasteiger partial charge in [-0.1, -0.05) is 13.8 Å². The Bertz CT molecular complexity index is 837. The number of rotatable bonds is 5. The lowest BCUT2D eigenvalue weighted by atomic mass is 10.2. The van der Waals surface area contributed by atoms with Gasteiger partial charge in [0, 0.05) is 35.5 Å². The number of nitrogens with one attached hydrogen (secondary N) is 1. The zero-order valence-electron chi connectivity index (χ0n) is 14.1. The Kier molecular flexibility index (Phi) is 6.41. The Morgan fingerprint density at radius 2 is 2.08 bits per heavy atom. The van der Waals surface area contributed by atoms with Gasteiger partial charge >= 0.3 is 0 Å². The lowest BCUT2D eigenvalue weighted by molar-refractivity contribution is -0.384. The molecule has 0 unspecified atom stereocenters. The summed E-state index contributed by atoms with van der Waals surface area (Å²) in [5.74, 6) is 0.508. The highest BCUT2D eigenvalue weighted by molar-refractivity contribution is 7.14. The molecular formula is C17H18N4O3S. The third-order valence-corrected chi connectivity index (χ3v) is 3.85. The second kappa shape index (κ2) is 8.74. The van der Waals surface area contributed by atoms with Crippen molar-refractivity contribution < 1.29 is 9.66 Å². The first-order valence-corrected chi connectivity index (χ1v) is 8.50. The van der Waals surface area contributed by atoms with Crippen molar-refractivity contribution in [2.45, 2.75) is 13.8 Å². The average molecular weight is 358 g/mol. The minimum Gasteiger partial charge on any atom is -0.495 e. The molecule has 0 aliphatic heterocycles. The van der Waals surface area contributed by atoms with Crippen molar-refractivity contribution in [3.8, 4) is 17.0 Å². The smallest absolute Gasteiger partial charge is 0.271 e. The van der Waals surface area contributed by atoms with E-state index in [4.69, 9.17) is 4.74 Å². The number of aromatic nitrogens is 2. The molecule has 25 heavy (non-hydrogen) atoms. The highest BCUT2D eigenvalue weighted by Crippen LogP contribution is 2.33. The van der Waals surface area contributed by atoms with Crippen LogP contribution in [-0.4, -0.2) is 22.0 Å². The molecule has 0 bridgehead atoms. The Morgan fingerprint density at radius 3 is 2.72 bits per heavy atom. The van der Waals surface area contributed by atoms with Gasteiger partial charge in [0.25, 0.3) is 5.69 Å². The average Bonchev–Trinajstić information content (AvgIpc) is 3.12. The normalized spacial score (nSPS) is 9.72. The van der Waals surface area contributed by atoms with E-state index in [1.165, 1.54) is 30.6 Å². The lowest BCUT2D eigenvalue weighted by Gasteiger charge is -2.08. The summed E-state index contributed by atoms with van der Waals surface area (Å²) in [6.07, 6.45) is 3.43. The first kappa shape index (κ1) is 18.3. The number of anilines is 2. The number of nitro groups is 1. The van der Waals surface area contributed by atoms with Crippen molar-refractivity contribution in [3.63, 3.8) is 0 Å². The van der Waals surface area contributed by atoms with E-state index in [0.717, 1.165) is 11.3 Å². The third-order valence-electron chi connectivity index (χ3n) is 3.10. The van der Waals surface area contributed by atoms with Gasteiger partial charge in [0.2, 0.25) is 0 Å². The van der Waals surface area contributed by atoms with Gasteiger partial charge < -0.3 is 10.1 Å². The van der Waals surface area contributed by atoms with Gasteiger partial charge in [-0.25, -0.2) is 4.98 Å². The van der Waals surface area contributed by atoms with E-state index in [1.54, 1.807) is 18.5 Å². The topological polar surface area (TPSA) is 90.2 Å². The number of pyridine rings is 1. The largest absolute Gasteiger partial charge is 0.495 e. The first-order valence-electron chi connectivity index (χ1n) is 7.63. The fourth-order valence-corrected chi connectivity index (χ4v) is 2.73. The second-order valence-electron chi connectivity index (χ2n) is 4.55. The number of thiazole rings is 1. The van der Waals surface area contributed by atoms with Gasteiger partial charge in [-0.2, -0.15) is 0 Å². The Hall–Kier alpha value is -3.00. The summed E-state index contributed by atoms with van der Waals surface area (Å²) in [7, 11) is 1.51. The van der Waals surface area contributed by atoms with E-state index < -0.39 is 4.92 Å². The Morgan fingerprint density at radius 1 is 1.28 bits per heavy atom. The molecule has 8 heteroatoms. The van der Waals surface area contributed by atoms with Crippen molar-refractivity contribution >= 4 is 27.8 Å².